The predicted molar refractivity (Wildman–Crippen MR) is 191 cm³/mol. The van der Waals surface area contributed by atoms with Gasteiger partial charge in [0.25, 0.3) is 0 Å². The highest BCUT2D eigenvalue weighted by molar-refractivity contribution is 6.98. The number of rotatable bonds is 3. The third-order valence-electron chi connectivity index (χ3n) is 10.2. The Morgan fingerprint density at radius 1 is 0.455 bits per heavy atom. The number of benzene rings is 8. The molecule has 0 bridgehead atoms. The first-order valence-electron chi connectivity index (χ1n) is 15.7. The number of hydrogen-bond donors (Lipinski definition) is 0. The Hall–Kier alpha value is -5.14. The van der Waals surface area contributed by atoms with Crippen LogP contribution in [0.2, 0.25) is 0 Å². The zero-order valence-electron chi connectivity index (χ0n) is 25.0. The zero-order chi connectivity index (χ0) is 29.4. The van der Waals surface area contributed by atoms with Gasteiger partial charge in [-0.1, -0.05) is 176 Å². The summed E-state index contributed by atoms with van der Waals surface area (Å²) in [6.45, 7) is 4.98. The molecule has 1 heterocycles. The van der Waals surface area contributed by atoms with E-state index in [2.05, 4.69) is 166 Å². The third-order valence-corrected chi connectivity index (χ3v) is 10.2. The molecule has 0 fully saturated rings. The van der Waals surface area contributed by atoms with E-state index in [1.165, 1.54) is 82.1 Å². The molecule has 1 aliphatic heterocycles. The summed E-state index contributed by atoms with van der Waals surface area (Å²) in [6, 6.07) is 56.5. The Morgan fingerprint density at radius 3 is 1.66 bits per heavy atom. The highest BCUT2D eigenvalue weighted by Crippen LogP contribution is 2.45. The molecule has 206 valence electrons. The smallest absolute Gasteiger partial charge is 0.0686 e. The van der Waals surface area contributed by atoms with Crippen molar-refractivity contribution in [3.8, 4) is 22.3 Å². The van der Waals surface area contributed by atoms with Gasteiger partial charge < -0.3 is 0 Å². The SMILES string of the molecule is CC1(C)c2ccccc2B(c2ccccc2)c2c1cc1ccc3c(-c4ccccc4)cc(-c4ccccc4)c4ccc2c1c34. The van der Waals surface area contributed by atoms with Gasteiger partial charge in [0.15, 0.2) is 0 Å². The molecule has 1 aliphatic rings. The second-order valence-corrected chi connectivity index (χ2v) is 12.8. The van der Waals surface area contributed by atoms with Crippen molar-refractivity contribution in [1.29, 1.82) is 0 Å². The summed E-state index contributed by atoms with van der Waals surface area (Å²) < 4.78 is 0. The van der Waals surface area contributed by atoms with Gasteiger partial charge in [0.1, 0.15) is 0 Å². The van der Waals surface area contributed by atoms with Crippen LogP contribution in [0.1, 0.15) is 25.0 Å². The molecule has 0 radical (unpaired) electrons. The molecule has 0 unspecified atom stereocenters. The minimum absolute atomic E-state index is 0.119. The lowest BCUT2D eigenvalue weighted by atomic mass is 9.31. The molecule has 0 aromatic heterocycles. The average Bonchev–Trinajstić information content (AvgIpc) is 3.08. The van der Waals surface area contributed by atoms with Crippen LogP contribution in [-0.2, 0) is 5.41 Å². The topological polar surface area (TPSA) is 0 Å². The highest BCUT2D eigenvalue weighted by atomic mass is 14.3. The summed E-state index contributed by atoms with van der Waals surface area (Å²) in [5.74, 6) is 0. The van der Waals surface area contributed by atoms with E-state index in [-0.39, 0.29) is 12.1 Å². The van der Waals surface area contributed by atoms with E-state index in [0.29, 0.717) is 0 Å². The standard InChI is InChI=1S/C43H31B/c1-43(2)37-20-12-13-21-39(37)44(31-18-10-5-11-19-31)42-34-25-24-33-36(29-16-8-4-9-17-29)27-35(28-14-6-3-7-15-28)32-23-22-30(26-38(42)43)40(34)41(32)33/h3-27H,1-2H3. The van der Waals surface area contributed by atoms with E-state index in [1.807, 2.05) is 0 Å². The van der Waals surface area contributed by atoms with E-state index in [9.17, 15) is 0 Å². The zero-order valence-corrected chi connectivity index (χ0v) is 25.0. The lowest BCUT2D eigenvalue weighted by Crippen LogP contribution is -2.60. The van der Waals surface area contributed by atoms with Crippen molar-refractivity contribution in [3.63, 3.8) is 0 Å². The van der Waals surface area contributed by atoms with Gasteiger partial charge in [-0.05, 0) is 71.8 Å². The lowest BCUT2D eigenvalue weighted by molar-refractivity contribution is 0.647. The van der Waals surface area contributed by atoms with Crippen LogP contribution in [0.5, 0.6) is 0 Å². The Balaban J connectivity index is 1.47. The Morgan fingerprint density at radius 2 is 1.00 bits per heavy atom. The van der Waals surface area contributed by atoms with Crippen LogP contribution in [0, 0.1) is 0 Å². The van der Waals surface area contributed by atoms with Crippen LogP contribution in [0.3, 0.4) is 0 Å². The van der Waals surface area contributed by atoms with Gasteiger partial charge in [-0.3, -0.25) is 0 Å². The molecule has 44 heavy (non-hydrogen) atoms. The van der Waals surface area contributed by atoms with Gasteiger partial charge in [0.05, 0.1) is 0 Å². The van der Waals surface area contributed by atoms with Gasteiger partial charge in [-0.25, -0.2) is 0 Å². The van der Waals surface area contributed by atoms with E-state index >= 15 is 0 Å². The molecule has 0 saturated heterocycles. The second kappa shape index (κ2) is 9.43. The van der Waals surface area contributed by atoms with Crippen molar-refractivity contribution in [2.45, 2.75) is 19.3 Å². The molecule has 0 spiro atoms. The van der Waals surface area contributed by atoms with E-state index in [4.69, 9.17) is 0 Å². The summed E-state index contributed by atoms with van der Waals surface area (Å²) in [6.07, 6.45) is 0. The van der Waals surface area contributed by atoms with Gasteiger partial charge in [0.2, 0.25) is 6.71 Å². The maximum atomic E-state index is 2.51. The number of hydrogen-bond acceptors (Lipinski definition) is 0. The molecule has 0 nitrogen and oxygen atoms in total. The molecule has 0 aliphatic carbocycles. The molecule has 0 atom stereocenters. The van der Waals surface area contributed by atoms with Crippen molar-refractivity contribution >= 4 is 55.4 Å². The summed E-state index contributed by atoms with van der Waals surface area (Å²) in [4.78, 5) is 0. The fraction of sp³-hybridized carbons (Fsp3) is 0.0698. The lowest BCUT2D eigenvalue weighted by Gasteiger charge is -2.40. The fourth-order valence-electron chi connectivity index (χ4n) is 8.15. The minimum Gasteiger partial charge on any atom is -0.0686 e. The summed E-state index contributed by atoms with van der Waals surface area (Å²) in [7, 11) is 0. The third kappa shape index (κ3) is 3.53. The summed E-state index contributed by atoms with van der Waals surface area (Å²) in [5.41, 5.74) is 12.0. The monoisotopic (exact) mass is 558 g/mol. The molecular weight excluding hydrogens is 527 g/mol. The first-order valence-corrected chi connectivity index (χ1v) is 15.7. The van der Waals surface area contributed by atoms with Crippen molar-refractivity contribution in [3.05, 3.63) is 163 Å². The normalized spacial score (nSPS) is 13.8. The highest BCUT2D eigenvalue weighted by Gasteiger charge is 2.41. The molecule has 0 N–H and O–H groups in total. The van der Waals surface area contributed by atoms with E-state index in [0.717, 1.165) is 0 Å². The Kier molecular flexibility index (Phi) is 5.44. The van der Waals surface area contributed by atoms with Crippen LogP contribution in [0.15, 0.2) is 152 Å². The van der Waals surface area contributed by atoms with Crippen LogP contribution in [0.25, 0.3) is 54.6 Å². The molecule has 9 rings (SSSR count). The Bertz CT molecular complexity index is 2270. The molecule has 1 heteroatoms. The minimum atomic E-state index is -0.119. The first kappa shape index (κ1) is 25.4. The maximum absolute atomic E-state index is 2.51. The molecule has 0 saturated carbocycles. The predicted octanol–water partition coefficient (Wildman–Crippen LogP) is 9.07. The molecular formula is C43H31B. The molecule has 8 aromatic rings. The van der Waals surface area contributed by atoms with Gasteiger partial charge in [-0.15, -0.1) is 0 Å². The summed E-state index contributed by atoms with van der Waals surface area (Å²) in [5, 5.41) is 8.07. The largest absolute Gasteiger partial charge is 0.242 e. The number of fused-ring (bicyclic) bond motifs is 3. The summed E-state index contributed by atoms with van der Waals surface area (Å²) >= 11 is 0. The van der Waals surface area contributed by atoms with Crippen LogP contribution >= 0.6 is 0 Å². The van der Waals surface area contributed by atoms with Crippen LogP contribution in [0.4, 0.5) is 0 Å². The van der Waals surface area contributed by atoms with Crippen molar-refractivity contribution in [2.24, 2.45) is 0 Å². The van der Waals surface area contributed by atoms with Gasteiger partial charge >= 0.3 is 0 Å². The van der Waals surface area contributed by atoms with Crippen molar-refractivity contribution < 1.29 is 0 Å². The second-order valence-electron chi connectivity index (χ2n) is 12.8. The van der Waals surface area contributed by atoms with Crippen molar-refractivity contribution in [2.75, 3.05) is 0 Å². The van der Waals surface area contributed by atoms with Crippen molar-refractivity contribution in [1.82, 2.24) is 0 Å². The van der Waals surface area contributed by atoms with Crippen LogP contribution < -0.4 is 16.4 Å². The molecule has 0 amide bonds. The maximum Gasteiger partial charge on any atom is 0.242 e. The molecule has 8 aromatic carbocycles. The van der Waals surface area contributed by atoms with Crippen LogP contribution in [-0.4, -0.2) is 6.71 Å². The van der Waals surface area contributed by atoms with Gasteiger partial charge in [0, 0.05) is 5.41 Å². The van der Waals surface area contributed by atoms with E-state index in [1.54, 1.807) is 0 Å². The fourth-order valence-corrected chi connectivity index (χ4v) is 8.15. The first-order chi connectivity index (χ1) is 21.6. The Labute approximate surface area is 259 Å². The van der Waals surface area contributed by atoms with Gasteiger partial charge in [-0.2, -0.15) is 0 Å². The van der Waals surface area contributed by atoms with E-state index < -0.39 is 0 Å². The quantitative estimate of drug-likeness (QED) is 0.150. The average molecular weight is 559 g/mol.